The molecule has 2 aromatic rings. The van der Waals surface area contributed by atoms with E-state index in [1.807, 2.05) is 5.38 Å². The Bertz CT molecular complexity index is 850. The number of anilines is 1. The van der Waals surface area contributed by atoms with E-state index in [-0.39, 0.29) is 11.5 Å². The highest BCUT2D eigenvalue weighted by Gasteiger charge is 2.20. The van der Waals surface area contributed by atoms with E-state index in [1.165, 1.54) is 17.4 Å². The van der Waals surface area contributed by atoms with Gasteiger partial charge in [-0.2, -0.15) is 0 Å². The van der Waals surface area contributed by atoms with Gasteiger partial charge in [-0.05, 0) is 42.5 Å². The van der Waals surface area contributed by atoms with Crippen LogP contribution in [0.3, 0.4) is 0 Å². The Morgan fingerprint density at radius 2 is 2.08 bits per heavy atom. The Kier molecular flexibility index (Phi) is 6.69. The fourth-order valence-corrected chi connectivity index (χ4v) is 4.62. The molecule has 0 saturated carbocycles. The van der Waals surface area contributed by atoms with Crippen molar-refractivity contribution in [2.24, 2.45) is 0 Å². The molecule has 9 heteroatoms. The van der Waals surface area contributed by atoms with Crippen LogP contribution in [0.4, 0.5) is 10.5 Å². The van der Waals surface area contributed by atoms with Crippen molar-refractivity contribution in [2.45, 2.75) is 25.2 Å². The maximum atomic E-state index is 12.6. The van der Waals surface area contributed by atoms with Crippen molar-refractivity contribution in [3.05, 3.63) is 45.1 Å². The van der Waals surface area contributed by atoms with E-state index in [1.54, 1.807) is 31.4 Å². The highest BCUT2D eigenvalue weighted by atomic mass is 35.5. The summed E-state index contributed by atoms with van der Waals surface area (Å²) < 4.78 is 32.9. The van der Waals surface area contributed by atoms with Gasteiger partial charge in [-0.25, -0.2) is 13.2 Å². The molecule has 0 aliphatic heterocycles. The van der Waals surface area contributed by atoms with Crippen molar-refractivity contribution in [1.82, 2.24) is 5.32 Å². The molecule has 25 heavy (non-hydrogen) atoms. The third-order valence-electron chi connectivity index (χ3n) is 3.42. The molecule has 1 amide bonds. The summed E-state index contributed by atoms with van der Waals surface area (Å²) >= 11 is 7.38. The number of nitrogens with one attached hydrogen (secondary N) is 2. The molecule has 0 unspecified atom stereocenters. The molecule has 136 valence electrons. The van der Waals surface area contributed by atoms with Crippen molar-refractivity contribution < 1.29 is 17.9 Å². The van der Waals surface area contributed by atoms with Crippen LogP contribution in [-0.4, -0.2) is 27.7 Å². The number of hydrogen-bond acceptors (Lipinski definition) is 5. The molecule has 2 N–H and O–H groups in total. The number of thiophene rings is 1. The number of ether oxygens (including phenoxy) is 1. The lowest BCUT2D eigenvalue weighted by molar-refractivity contribution is 0.148. The lowest BCUT2D eigenvalue weighted by Crippen LogP contribution is -2.24. The normalized spacial score (nSPS) is 11.2. The molecule has 1 heterocycles. The van der Waals surface area contributed by atoms with E-state index >= 15 is 0 Å². The van der Waals surface area contributed by atoms with E-state index in [9.17, 15) is 13.2 Å². The largest absolute Gasteiger partial charge is 0.449 e. The van der Waals surface area contributed by atoms with Crippen molar-refractivity contribution in [2.75, 3.05) is 17.9 Å². The van der Waals surface area contributed by atoms with Gasteiger partial charge in [0.25, 0.3) is 10.0 Å². The molecule has 0 spiro atoms. The lowest BCUT2D eigenvalue weighted by Gasteiger charge is -2.12. The van der Waals surface area contributed by atoms with Crippen molar-refractivity contribution in [3.63, 3.8) is 0 Å². The minimum absolute atomic E-state index is 0.135. The molecular formula is C16H19ClN2O4S2. The average Bonchev–Trinajstić information content (AvgIpc) is 2.96. The number of rotatable bonds is 7. The number of hydrogen-bond donors (Lipinski definition) is 2. The van der Waals surface area contributed by atoms with Crippen LogP contribution in [0.5, 0.6) is 0 Å². The topological polar surface area (TPSA) is 84.5 Å². The first-order valence-corrected chi connectivity index (χ1v) is 10.4. The van der Waals surface area contributed by atoms with E-state index in [2.05, 4.69) is 10.0 Å². The summed E-state index contributed by atoms with van der Waals surface area (Å²) in [6, 6.07) is 4.75. The van der Waals surface area contributed by atoms with Crippen LogP contribution in [0.25, 0.3) is 0 Å². The summed E-state index contributed by atoms with van der Waals surface area (Å²) in [5.41, 5.74) is 1.73. The number of alkyl carbamates (subject to hydrolysis) is 1. The highest BCUT2D eigenvalue weighted by molar-refractivity contribution is 7.92. The Balaban J connectivity index is 2.09. The first-order valence-electron chi connectivity index (χ1n) is 7.58. The summed E-state index contributed by atoms with van der Waals surface area (Å²) in [5.74, 6) is 0. The van der Waals surface area contributed by atoms with Gasteiger partial charge in [-0.1, -0.05) is 17.7 Å². The zero-order valence-corrected chi connectivity index (χ0v) is 16.2. The second-order valence-electron chi connectivity index (χ2n) is 5.20. The van der Waals surface area contributed by atoms with Gasteiger partial charge in [0.1, 0.15) is 0 Å². The summed E-state index contributed by atoms with van der Waals surface area (Å²) in [6.45, 7) is 4.10. The Morgan fingerprint density at radius 3 is 2.80 bits per heavy atom. The van der Waals surface area contributed by atoms with Gasteiger partial charge in [-0.15, -0.1) is 11.3 Å². The number of amides is 1. The van der Waals surface area contributed by atoms with Crippen LogP contribution in [-0.2, 0) is 21.2 Å². The molecule has 6 nitrogen and oxygen atoms in total. The maximum Gasteiger partial charge on any atom is 0.407 e. The van der Waals surface area contributed by atoms with Crippen LogP contribution in [0.1, 0.15) is 18.1 Å². The molecular weight excluding hydrogens is 384 g/mol. The van der Waals surface area contributed by atoms with Crippen LogP contribution in [0.2, 0.25) is 5.02 Å². The van der Waals surface area contributed by atoms with Crippen molar-refractivity contribution in [3.8, 4) is 0 Å². The predicted octanol–water partition coefficient (Wildman–Crippen LogP) is 3.80. The summed E-state index contributed by atoms with van der Waals surface area (Å²) in [5, 5.41) is 6.45. The van der Waals surface area contributed by atoms with E-state index < -0.39 is 16.1 Å². The van der Waals surface area contributed by atoms with Gasteiger partial charge in [0, 0.05) is 23.4 Å². The minimum Gasteiger partial charge on any atom is -0.449 e. The van der Waals surface area contributed by atoms with Gasteiger partial charge >= 0.3 is 6.09 Å². The molecule has 0 saturated heterocycles. The quantitative estimate of drug-likeness (QED) is 0.737. The highest BCUT2D eigenvalue weighted by Crippen LogP contribution is 2.28. The van der Waals surface area contributed by atoms with E-state index in [4.69, 9.17) is 16.3 Å². The predicted molar refractivity (Wildman–Crippen MR) is 100 cm³/mol. The second-order valence-corrected chi connectivity index (χ2v) is 8.00. The third-order valence-corrected chi connectivity index (χ3v) is 6.13. The van der Waals surface area contributed by atoms with Gasteiger partial charge in [-0.3, -0.25) is 4.72 Å². The average molecular weight is 403 g/mol. The number of benzene rings is 1. The van der Waals surface area contributed by atoms with Crippen molar-refractivity contribution in [1.29, 1.82) is 0 Å². The van der Waals surface area contributed by atoms with E-state index in [0.29, 0.717) is 29.2 Å². The molecule has 0 aliphatic rings. The minimum atomic E-state index is -3.76. The molecule has 2 rings (SSSR count). The van der Waals surface area contributed by atoms with Gasteiger partial charge in [0.05, 0.1) is 17.2 Å². The van der Waals surface area contributed by atoms with Crippen LogP contribution >= 0.6 is 22.9 Å². The summed E-state index contributed by atoms with van der Waals surface area (Å²) in [4.78, 5) is 11.4. The fraction of sp³-hybridized carbons (Fsp3) is 0.312. The van der Waals surface area contributed by atoms with Gasteiger partial charge in [0.2, 0.25) is 0 Å². The molecule has 0 atom stereocenters. The Hall–Kier alpha value is -1.77. The molecule has 0 aliphatic carbocycles. The Morgan fingerprint density at radius 1 is 1.32 bits per heavy atom. The van der Waals surface area contributed by atoms with Crippen molar-refractivity contribution >= 4 is 44.7 Å². The molecule has 1 aromatic heterocycles. The monoisotopic (exact) mass is 402 g/mol. The summed E-state index contributed by atoms with van der Waals surface area (Å²) in [6.07, 6.45) is -0.0815. The second kappa shape index (κ2) is 8.55. The standard InChI is InChI=1S/C16H19ClN2O4S2/c1-3-18-16(20)23-8-7-12-9-24-10-14(12)19-25(21,22)15-6-4-5-13(17)11(15)2/h4-6,9-10,19H,3,7-8H2,1-2H3,(H,18,20). The first-order chi connectivity index (χ1) is 11.8. The summed E-state index contributed by atoms with van der Waals surface area (Å²) in [7, 11) is -3.76. The van der Waals surface area contributed by atoms with E-state index in [0.717, 1.165) is 5.56 Å². The zero-order valence-electron chi connectivity index (χ0n) is 13.8. The fourth-order valence-electron chi connectivity index (χ4n) is 2.13. The zero-order chi connectivity index (χ0) is 18.4. The number of carbonyl (C=O) groups excluding carboxylic acids is 1. The number of halogens is 1. The number of carbonyl (C=O) groups is 1. The Labute approximate surface area is 156 Å². The number of sulfonamides is 1. The molecule has 0 bridgehead atoms. The molecule has 1 aromatic carbocycles. The smallest absolute Gasteiger partial charge is 0.407 e. The first kappa shape index (κ1) is 19.6. The molecule has 0 radical (unpaired) electrons. The van der Waals surface area contributed by atoms with Crippen LogP contribution < -0.4 is 10.0 Å². The van der Waals surface area contributed by atoms with Gasteiger partial charge in [0.15, 0.2) is 0 Å². The third kappa shape index (κ3) is 5.10. The van der Waals surface area contributed by atoms with Crippen LogP contribution in [0.15, 0.2) is 33.9 Å². The lowest BCUT2D eigenvalue weighted by atomic mass is 10.2. The maximum absolute atomic E-state index is 12.6. The SMILES string of the molecule is CCNC(=O)OCCc1cscc1NS(=O)(=O)c1cccc(Cl)c1C. The van der Waals surface area contributed by atoms with Gasteiger partial charge < -0.3 is 10.1 Å². The van der Waals surface area contributed by atoms with Crippen LogP contribution in [0, 0.1) is 6.92 Å². The molecule has 0 fully saturated rings.